The summed E-state index contributed by atoms with van der Waals surface area (Å²) in [7, 11) is -3.21. The Hall–Kier alpha value is -2.71. The average Bonchev–Trinajstić information content (AvgIpc) is 3.38. The molecule has 5 rings (SSSR count). The monoisotopic (exact) mass is 424 g/mol. The van der Waals surface area contributed by atoms with Crippen molar-refractivity contribution in [2.75, 3.05) is 19.4 Å². The van der Waals surface area contributed by atoms with Crippen LogP contribution in [0.15, 0.2) is 47.4 Å². The van der Waals surface area contributed by atoms with E-state index in [-0.39, 0.29) is 6.04 Å². The summed E-state index contributed by atoms with van der Waals surface area (Å²) < 4.78 is 31.0. The molecule has 0 N–H and O–H groups in total. The lowest BCUT2D eigenvalue weighted by Gasteiger charge is -2.32. The smallest absolute Gasteiger partial charge is 0.181 e. The number of ether oxygens (including phenoxy) is 1. The second-order valence-corrected chi connectivity index (χ2v) is 10.00. The van der Waals surface area contributed by atoms with Crippen LogP contribution in [0.25, 0.3) is 11.4 Å². The van der Waals surface area contributed by atoms with Gasteiger partial charge >= 0.3 is 0 Å². The van der Waals surface area contributed by atoms with Crippen LogP contribution < -0.4 is 4.74 Å². The van der Waals surface area contributed by atoms with Gasteiger partial charge in [0.2, 0.25) is 0 Å². The van der Waals surface area contributed by atoms with Gasteiger partial charge in [0.25, 0.3) is 0 Å². The molecule has 2 aliphatic heterocycles. The molecule has 0 aliphatic carbocycles. The van der Waals surface area contributed by atoms with E-state index in [0.717, 1.165) is 43.3 Å². The van der Waals surface area contributed by atoms with E-state index in [0.29, 0.717) is 17.3 Å². The molecule has 0 radical (unpaired) electrons. The summed E-state index contributed by atoms with van der Waals surface area (Å²) >= 11 is 0. The first-order valence-electron chi connectivity index (χ1n) is 10.1. The first kappa shape index (κ1) is 19.3. The molecule has 0 amide bonds. The van der Waals surface area contributed by atoms with Crippen LogP contribution in [0.1, 0.15) is 29.9 Å². The summed E-state index contributed by atoms with van der Waals surface area (Å²) in [6.45, 7) is 5.37. The molecule has 3 heterocycles. The van der Waals surface area contributed by atoms with Crippen LogP contribution in [0, 0.1) is 0 Å². The molecule has 1 aromatic heterocycles. The van der Waals surface area contributed by atoms with Crippen LogP contribution in [-0.2, 0) is 29.3 Å². The van der Waals surface area contributed by atoms with Crippen LogP contribution >= 0.6 is 0 Å². The number of fused-ring (bicyclic) bond motifs is 2. The summed E-state index contributed by atoms with van der Waals surface area (Å²) in [5.41, 5.74) is 3.36. The highest BCUT2D eigenvalue weighted by Gasteiger charge is 2.26. The van der Waals surface area contributed by atoms with Crippen molar-refractivity contribution < 1.29 is 13.2 Å². The predicted octanol–water partition coefficient (Wildman–Crippen LogP) is 2.86. The third kappa shape index (κ3) is 3.50. The zero-order valence-electron chi connectivity index (χ0n) is 17.1. The maximum Gasteiger partial charge on any atom is 0.181 e. The van der Waals surface area contributed by atoms with Gasteiger partial charge in [-0.05, 0) is 48.4 Å². The molecule has 7 nitrogen and oxygen atoms in total. The van der Waals surface area contributed by atoms with E-state index >= 15 is 0 Å². The number of sulfone groups is 1. The molecule has 3 aromatic rings. The summed E-state index contributed by atoms with van der Waals surface area (Å²) in [5, 5.41) is 4.64. The second kappa shape index (κ2) is 7.21. The topological polar surface area (TPSA) is 77.3 Å². The number of hydrogen-bond acceptors (Lipinski definition) is 6. The van der Waals surface area contributed by atoms with Gasteiger partial charge in [0.05, 0.1) is 24.6 Å². The summed E-state index contributed by atoms with van der Waals surface area (Å²) in [6, 6.07) is 13.5. The van der Waals surface area contributed by atoms with Gasteiger partial charge in [-0.2, -0.15) is 5.10 Å². The van der Waals surface area contributed by atoms with Gasteiger partial charge in [0, 0.05) is 30.8 Å². The van der Waals surface area contributed by atoms with Crippen molar-refractivity contribution in [1.29, 1.82) is 0 Å². The minimum Gasteiger partial charge on any atom is -0.493 e. The summed E-state index contributed by atoms with van der Waals surface area (Å²) in [4.78, 5) is 7.43. The van der Waals surface area contributed by atoms with Crippen LogP contribution in [-0.4, -0.2) is 47.5 Å². The molecule has 0 saturated heterocycles. The molecule has 1 atom stereocenters. The molecule has 2 aromatic carbocycles. The fraction of sp³-hybridized carbons (Fsp3) is 0.364. The van der Waals surface area contributed by atoms with Crippen molar-refractivity contribution in [2.45, 2.75) is 37.4 Å². The Bertz CT molecular complexity index is 1200. The summed E-state index contributed by atoms with van der Waals surface area (Å²) in [6.07, 6.45) is 2.20. The molecular formula is C22H24N4O3S. The Morgan fingerprint density at radius 2 is 1.90 bits per heavy atom. The van der Waals surface area contributed by atoms with E-state index in [1.807, 2.05) is 4.68 Å². The van der Waals surface area contributed by atoms with Gasteiger partial charge in [0.15, 0.2) is 15.7 Å². The fourth-order valence-corrected chi connectivity index (χ4v) is 4.74. The highest BCUT2D eigenvalue weighted by atomic mass is 32.2. The Morgan fingerprint density at radius 1 is 1.10 bits per heavy atom. The third-order valence-electron chi connectivity index (χ3n) is 5.98. The van der Waals surface area contributed by atoms with Gasteiger partial charge in [0.1, 0.15) is 11.6 Å². The fourth-order valence-electron chi connectivity index (χ4n) is 4.11. The van der Waals surface area contributed by atoms with Gasteiger partial charge < -0.3 is 4.74 Å². The van der Waals surface area contributed by atoms with E-state index in [1.165, 1.54) is 17.4 Å². The Morgan fingerprint density at radius 3 is 2.67 bits per heavy atom. The molecule has 0 bridgehead atoms. The van der Waals surface area contributed by atoms with Gasteiger partial charge in [-0.1, -0.05) is 12.1 Å². The van der Waals surface area contributed by atoms with Gasteiger partial charge in [-0.15, -0.1) is 0 Å². The first-order chi connectivity index (χ1) is 14.4. The Kier molecular flexibility index (Phi) is 4.63. The second-order valence-electron chi connectivity index (χ2n) is 7.98. The minimum absolute atomic E-state index is 0.252. The van der Waals surface area contributed by atoms with Crippen molar-refractivity contribution >= 4 is 9.84 Å². The third-order valence-corrected chi connectivity index (χ3v) is 7.11. The zero-order chi connectivity index (χ0) is 20.9. The molecule has 0 spiro atoms. The molecule has 30 heavy (non-hydrogen) atoms. The quantitative estimate of drug-likeness (QED) is 0.641. The lowest BCUT2D eigenvalue weighted by Crippen LogP contribution is -2.36. The van der Waals surface area contributed by atoms with Crippen molar-refractivity contribution in [3.05, 3.63) is 59.4 Å². The highest BCUT2D eigenvalue weighted by molar-refractivity contribution is 7.90. The predicted molar refractivity (Wildman–Crippen MR) is 113 cm³/mol. The summed E-state index contributed by atoms with van der Waals surface area (Å²) in [5.74, 6) is 2.57. The van der Waals surface area contributed by atoms with Crippen molar-refractivity contribution in [3.8, 4) is 17.1 Å². The van der Waals surface area contributed by atoms with Gasteiger partial charge in [-0.3, -0.25) is 4.90 Å². The zero-order valence-corrected chi connectivity index (χ0v) is 17.9. The average molecular weight is 425 g/mol. The Labute approximate surface area is 176 Å². The standard InChI is InChI=1S/C22H24N4O3S/c1-15(18-4-3-16-9-12-29-20(16)13-18)25-10-11-26-21(14-25)23-22(24-26)17-5-7-19(8-6-17)30(2,27)28/h3-8,13,15H,9-12,14H2,1-2H3. The maximum atomic E-state index is 11.7. The van der Waals surface area contributed by atoms with Crippen LogP contribution in [0.3, 0.4) is 0 Å². The maximum absolute atomic E-state index is 11.7. The van der Waals surface area contributed by atoms with E-state index in [4.69, 9.17) is 9.72 Å². The van der Waals surface area contributed by atoms with Crippen LogP contribution in [0.5, 0.6) is 5.75 Å². The normalized spacial score (nSPS) is 17.3. The van der Waals surface area contributed by atoms with E-state index in [1.54, 1.807) is 24.3 Å². The molecule has 0 fully saturated rings. The van der Waals surface area contributed by atoms with E-state index in [9.17, 15) is 8.42 Å². The Balaban J connectivity index is 1.35. The van der Waals surface area contributed by atoms with E-state index in [2.05, 4.69) is 35.1 Å². The van der Waals surface area contributed by atoms with Crippen molar-refractivity contribution in [2.24, 2.45) is 0 Å². The highest BCUT2D eigenvalue weighted by Crippen LogP contribution is 2.32. The molecular weight excluding hydrogens is 400 g/mol. The molecule has 1 unspecified atom stereocenters. The largest absolute Gasteiger partial charge is 0.493 e. The van der Waals surface area contributed by atoms with E-state index < -0.39 is 9.84 Å². The van der Waals surface area contributed by atoms with Gasteiger partial charge in [-0.25, -0.2) is 18.1 Å². The van der Waals surface area contributed by atoms with Crippen LogP contribution in [0.4, 0.5) is 0 Å². The molecule has 0 saturated carbocycles. The van der Waals surface area contributed by atoms with Crippen molar-refractivity contribution in [1.82, 2.24) is 19.7 Å². The number of rotatable bonds is 4. The number of benzene rings is 2. The lowest BCUT2D eigenvalue weighted by molar-refractivity contribution is 0.158. The number of hydrogen-bond donors (Lipinski definition) is 0. The lowest BCUT2D eigenvalue weighted by atomic mass is 10.0. The molecule has 8 heteroatoms. The number of aromatic nitrogens is 3. The number of nitrogens with zero attached hydrogens (tertiary/aromatic N) is 4. The molecule has 2 aliphatic rings. The van der Waals surface area contributed by atoms with Crippen molar-refractivity contribution in [3.63, 3.8) is 0 Å². The SMILES string of the molecule is CC(c1ccc2c(c1)OCC2)N1CCn2nc(-c3ccc(S(C)(=O)=O)cc3)nc2C1. The van der Waals surface area contributed by atoms with Crippen LogP contribution in [0.2, 0.25) is 0 Å². The first-order valence-corrected chi connectivity index (χ1v) is 12.0. The molecule has 156 valence electrons. The minimum atomic E-state index is -3.21.